The van der Waals surface area contributed by atoms with E-state index in [9.17, 15) is 13.2 Å². The number of esters is 1. The van der Waals surface area contributed by atoms with Crippen LogP contribution in [0.4, 0.5) is 0 Å². The molecule has 1 aromatic carbocycles. The van der Waals surface area contributed by atoms with Crippen LogP contribution >= 0.6 is 0 Å². The molecule has 0 aliphatic carbocycles. The second kappa shape index (κ2) is 7.38. The first-order chi connectivity index (χ1) is 11.6. The van der Waals surface area contributed by atoms with Crippen LogP contribution in [0.3, 0.4) is 0 Å². The lowest BCUT2D eigenvalue weighted by Gasteiger charge is -2.24. The van der Waals surface area contributed by atoms with Crippen LogP contribution in [0.5, 0.6) is 0 Å². The topological polar surface area (TPSA) is 103 Å². The van der Waals surface area contributed by atoms with E-state index < -0.39 is 16.0 Å². The van der Waals surface area contributed by atoms with Crippen molar-refractivity contribution in [2.45, 2.75) is 31.3 Å². The number of hydrogen-bond acceptors (Lipinski definition) is 6. The summed E-state index contributed by atoms with van der Waals surface area (Å²) in [6.07, 6.45) is 0. The summed E-state index contributed by atoms with van der Waals surface area (Å²) in [6, 6.07) is 8.24. The number of sulfonamides is 1. The van der Waals surface area contributed by atoms with E-state index in [0.29, 0.717) is 12.3 Å². The standard InChI is InChI=1S/C17H22N2O5S/c1-11-9-14(24-16(11)17(20)23-4)10-19(3)12(2)13-5-7-15(8-6-13)25(18,21)22/h5-9,12H,10H2,1-4H3,(H2,18,21,22)/t12-/m0/s1. The number of carbonyl (C=O) groups is 1. The maximum atomic E-state index is 11.6. The molecule has 0 saturated carbocycles. The second-order valence-corrected chi connectivity index (χ2v) is 7.48. The second-order valence-electron chi connectivity index (χ2n) is 5.92. The first-order valence-corrected chi connectivity index (χ1v) is 9.18. The van der Waals surface area contributed by atoms with Gasteiger partial charge in [-0.25, -0.2) is 18.4 Å². The number of aryl methyl sites for hydroxylation is 1. The van der Waals surface area contributed by atoms with Crippen molar-refractivity contribution in [1.82, 2.24) is 4.90 Å². The molecule has 2 rings (SSSR count). The zero-order valence-electron chi connectivity index (χ0n) is 14.6. The highest BCUT2D eigenvalue weighted by Crippen LogP contribution is 2.24. The molecule has 1 aromatic heterocycles. The van der Waals surface area contributed by atoms with E-state index in [0.717, 1.165) is 11.1 Å². The van der Waals surface area contributed by atoms with Crippen molar-refractivity contribution in [3.8, 4) is 0 Å². The number of methoxy groups -OCH3 is 1. The molecule has 0 radical (unpaired) electrons. The molecule has 0 aliphatic heterocycles. The Labute approximate surface area is 147 Å². The number of nitrogens with zero attached hydrogens (tertiary/aromatic N) is 1. The maximum Gasteiger partial charge on any atom is 0.374 e. The summed E-state index contributed by atoms with van der Waals surface area (Å²) >= 11 is 0. The lowest BCUT2D eigenvalue weighted by Crippen LogP contribution is -2.22. The van der Waals surface area contributed by atoms with Gasteiger partial charge in [0, 0.05) is 11.6 Å². The van der Waals surface area contributed by atoms with E-state index in [4.69, 9.17) is 9.56 Å². The molecule has 1 atom stereocenters. The van der Waals surface area contributed by atoms with Gasteiger partial charge in [-0.15, -0.1) is 0 Å². The lowest BCUT2D eigenvalue weighted by molar-refractivity contribution is 0.0559. The lowest BCUT2D eigenvalue weighted by atomic mass is 10.1. The highest BCUT2D eigenvalue weighted by molar-refractivity contribution is 7.89. The number of carbonyl (C=O) groups excluding carboxylic acids is 1. The number of rotatable bonds is 6. The Kier molecular flexibility index (Phi) is 5.66. The van der Waals surface area contributed by atoms with E-state index >= 15 is 0 Å². The molecule has 25 heavy (non-hydrogen) atoms. The molecule has 0 aliphatic rings. The Bertz CT molecular complexity index is 856. The van der Waals surface area contributed by atoms with Crippen LogP contribution in [0.2, 0.25) is 0 Å². The van der Waals surface area contributed by atoms with Crippen molar-refractivity contribution in [3.63, 3.8) is 0 Å². The van der Waals surface area contributed by atoms with Gasteiger partial charge in [0.15, 0.2) is 0 Å². The molecule has 7 nitrogen and oxygen atoms in total. The molecule has 0 spiro atoms. The van der Waals surface area contributed by atoms with Gasteiger partial charge in [0.2, 0.25) is 15.8 Å². The smallest absolute Gasteiger partial charge is 0.374 e. The Morgan fingerprint density at radius 1 is 1.32 bits per heavy atom. The van der Waals surface area contributed by atoms with Gasteiger partial charge in [0.1, 0.15) is 5.76 Å². The van der Waals surface area contributed by atoms with Gasteiger partial charge in [0.05, 0.1) is 18.6 Å². The zero-order valence-corrected chi connectivity index (χ0v) is 15.5. The van der Waals surface area contributed by atoms with Crippen molar-refractivity contribution in [2.24, 2.45) is 5.14 Å². The number of primary sulfonamides is 1. The van der Waals surface area contributed by atoms with E-state index in [1.165, 1.54) is 19.2 Å². The summed E-state index contributed by atoms with van der Waals surface area (Å²) in [4.78, 5) is 13.7. The van der Waals surface area contributed by atoms with Crippen LogP contribution in [0.15, 0.2) is 39.6 Å². The number of hydrogen-bond donors (Lipinski definition) is 1. The minimum Gasteiger partial charge on any atom is -0.463 e. The van der Waals surface area contributed by atoms with Crippen molar-refractivity contribution in [2.75, 3.05) is 14.2 Å². The predicted molar refractivity (Wildman–Crippen MR) is 92.5 cm³/mol. The minimum absolute atomic E-state index is 0.00140. The number of nitrogens with two attached hydrogens (primary N) is 1. The highest BCUT2D eigenvalue weighted by Gasteiger charge is 2.19. The van der Waals surface area contributed by atoms with Crippen LogP contribution in [0.1, 0.15) is 40.4 Å². The summed E-state index contributed by atoms with van der Waals surface area (Å²) in [6.45, 7) is 4.26. The van der Waals surface area contributed by atoms with Crippen LogP contribution in [-0.2, 0) is 21.3 Å². The largest absolute Gasteiger partial charge is 0.463 e. The van der Waals surface area contributed by atoms with Crippen LogP contribution in [0, 0.1) is 6.92 Å². The molecule has 136 valence electrons. The van der Waals surface area contributed by atoms with Crippen molar-refractivity contribution in [1.29, 1.82) is 0 Å². The normalized spacial score (nSPS) is 13.0. The Morgan fingerprint density at radius 2 is 1.92 bits per heavy atom. The molecule has 2 aromatic rings. The van der Waals surface area contributed by atoms with Crippen molar-refractivity contribution >= 4 is 16.0 Å². The van der Waals surface area contributed by atoms with Gasteiger partial charge in [-0.05, 0) is 44.7 Å². The average molecular weight is 366 g/mol. The number of benzene rings is 1. The van der Waals surface area contributed by atoms with E-state index in [1.807, 2.05) is 18.9 Å². The molecule has 0 saturated heterocycles. The van der Waals surface area contributed by atoms with Crippen LogP contribution < -0.4 is 5.14 Å². The minimum atomic E-state index is -3.70. The molecular formula is C17H22N2O5S. The highest BCUT2D eigenvalue weighted by atomic mass is 32.2. The molecule has 0 unspecified atom stereocenters. The zero-order chi connectivity index (χ0) is 18.8. The molecule has 0 amide bonds. The number of furan rings is 1. The molecule has 2 N–H and O–H groups in total. The third kappa shape index (κ3) is 4.47. The third-order valence-corrected chi connectivity index (χ3v) is 5.03. The summed E-state index contributed by atoms with van der Waals surface area (Å²) in [7, 11) is -0.480. The summed E-state index contributed by atoms with van der Waals surface area (Å²) in [5.74, 6) is 0.350. The summed E-state index contributed by atoms with van der Waals surface area (Å²) in [5.41, 5.74) is 1.66. The first-order valence-electron chi connectivity index (χ1n) is 7.64. The fourth-order valence-electron chi connectivity index (χ4n) is 2.49. The van der Waals surface area contributed by atoms with Crippen molar-refractivity contribution in [3.05, 3.63) is 53.0 Å². The Morgan fingerprint density at radius 3 is 2.44 bits per heavy atom. The van der Waals surface area contributed by atoms with E-state index in [2.05, 4.69) is 4.74 Å². The average Bonchev–Trinajstić information content (AvgIpc) is 2.93. The summed E-state index contributed by atoms with van der Waals surface area (Å²) in [5, 5.41) is 5.11. The van der Waals surface area contributed by atoms with Crippen molar-refractivity contribution < 1.29 is 22.4 Å². The fourth-order valence-corrected chi connectivity index (χ4v) is 3.01. The Hall–Kier alpha value is -2.16. The molecule has 0 fully saturated rings. The molecule has 0 bridgehead atoms. The summed E-state index contributed by atoms with van der Waals surface area (Å²) < 4.78 is 32.9. The van der Waals surface area contributed by atoms with Gasteiger partial charge >= 0.3 is 5.97 Å². The van der Waals surface area contributed by atoms with Gasteiger partial charge in [0.25, 0.3) is 0 Å². The fraction of sp³-hybridized carbons (Fsp3) is 0.353. The predicted octanol–water partition coefficient (Wildman–Crippen LogP) is 2.22. The maximum absolute atomic E-state index is 11.6. The molecule has 1 heterocycles. The van der Waals surface area contributed by atoms with Crippen LogP contribution in [-0.4, -0.2) is 33.4 Å². The van der Waals surface area contributed by atoms with E-state index in [-0.39, 0.29) is 16.7 Å². The van der Waals surface area contributed by atoms with E-state index in [1.54, 1.807) is 25.1 Å². The van der Waals surface area contributed by atoms with Gasteiger partial charge in [-0.2, -0.15) is 0 Å². The third-order valence-electron chi connectivity index (χ3n) is 4.10. The Balaban J connectivity index is 2.12. The van der Waals surface area contributed by atoms with Gasteiger partial charge < -0.3 is 9.15 Å². The SMILES string of the molecule is COC(=O)c1oc(CN(C)[C@@H](C)c2ccc(S(N)(=O)=O)cc2)cc1C. The van der Waals surface area contributed by atoms with Crippen LogP contribution in [0.25, 0.3) is 0 Å². The van der Waals surface area contributed by atoms with Gasteiger partial charge in [-0.1, -0.05) is 12.1 Å². The molecular weight excluding hydrogens is 344 g/mol. The number of ether oxygens (including phenoxy) is 1. The molecule has 8 heteroatoms. The first kappa shape index (κ1) is 19.2. The van der Waals surface area contributed by atoms with Gasteiger partial charge in [-0.3, -0.25) is 4.90 Å². The quantitative estimate of drug-likeness (QED) is 0.786. The monoisotopic (exact) mass is 366 g/mol.